The first-order chi connectivity index (χ1) is 13.4. The number of thioether (sulfide) groups is 1. The van der Waals surface area contributed by atoms with Gasteiger partial charge in [0.05, 0.1) is 48.9 Å². The number of piperazine rings is 1. The highest BCUT2D eigenvalue weighted by molar-refractivity contribution is 8.00. The van der Waals surface area contributed by atoms with E-state index in [9.17, 15) is 9.59 Å². The van der Waals surface area contributed by atoms with Crippen LogP contribution in [0.25, 0.3) is 10.9 Å². The van der Waals surface area contributed by atoms with Crippen LogP contribution >= 0.6 is 23.4 Å². The minimum atomic E-state index is -0.296. The number of amides is 1. The van der Waals surface area contributed by atoms with Crippen molar-refractivity contribution in [2.45, 2.75) is 44.1 Å². The Morgan fingerprint density at radius 3 is 2.68 bits per heavy atom. The second-order valence-corrected chi connectivity index (χ2v) is 8.95. The molecule has 0 aliphatic carbocycles. The third-order valence-corrected chi connectivity index (χ3v) is 6.55. The van der Waals surface area contributed by atoms with Crippen LogP contribution in [-0.4, -0.2) is 58.3 Å². The average Bonchev–Trinajstić information content (AvgIpc) is 2.70. The summed E-state index contributed by atoms with van der Waals surface area (Å²) in [7, 11) is 0. The van der Waals surface area contributed by atoms with Crippen molar-refractivity contribution >= 4 is 40.2 Å². The lowest BCUT2D eigenvalue weighted by Crippen LogP contribution is -3.14. The second-order valence-electron chi connectivity index (χ2n) is 7.20. The molecule has 0 bridgehead atoms. The van der Waals surface area contributed by atoms with E-state index in [1.807, 2.05) is 18.7 Å². The number of hydrogen-bond donors (Lipinski definition) is 1. The molecule has 28 heavy (non-hydrogen) atoms. The van der Waals surface area contributed by atoms with Crippen LogP contribution in [0.15, 0.2) is 28.2 Å². The molecule has 8 heteroatoms. The third kappa shape index (κ3) is 4.53. The normalized spacial score (nSPS) is 16.5. The Morgan fingerprint density at radius 1 is 1.32 bits per heavy atom. The fraction of sp³-hybridized carbons (Fsp3) is 0.550. The van der Waals surface area contributed by atoms with Crippen molar-refractivity contribution in [3.8, 4) is 0 Å². The number of benzene rings is 1. The van der Waals surface area contributed by atoms with Crippen LogP contribution in [0.2, 0.25) is 5.02 Å². The second kappa shape index (κ2) is 9.29. The first kappa shape index (κ1) is 21.1. The molecule has 1 saturated heterocycles. The van der Waals surface area contributed by atoms with Crippen LogP contribution in [0, 0.1) is 0 Å². The summed E-state index contributed by atoms with van der Waals surface area (Å²) in [5, 5.41) is 1.39. The Morgan fingerprint density at radius 2 is 2.04 bits per heavy atom. The van der Waals surface area contributed by atoms with Crippen molar-refractivity contribution in [3.63, 3.8) is 0 Å². The lowest BCUT2D eigenvalue weighted by molar-refractivity contribution is -0.902. The number of fused-ring (bicyclic) bond motifs is 1. The lowest BCUT2D eigenvalue weighted by atomic mass is 10.2. The number of nitrogens with zero attached hydrogens (tertiary/aromatic N) is 3. The summed E-state index contributed by atoms with van der Waals surface area (Å²) < 4.78 is 1.68. The van der Waals surface area contributed by atoms with Crippen molar-refractivity contribution in [1.29, 1.82) is 0 Å². The molecule has 1 aromatic carbocycles. The molecule has 1 atom stereocenters. The highest BCUT2D eigenvalue weighted by Gasteiger charge is 2.28. The molecule has 0 saturated carbocycles. The Bertz CT molecular complexity index is 909. The maximum Gasteiger partial charge on any atom is 0.262 e. The minimum absolute atomic E-state index is 0.0779. The van der Waals surface area contributed by atoms with E-state index in [1.165, 1.54) is 16.7 Å². The average molecular weight is 424 g/mol. The van der Waals surface area contributed by atoms with Crippen molar-refractivity contribution in [2.24, 2.45) is 0 Å². The number of nitrogens with one attached hydrogen (secondary N) is 1. The number of likely N-dealkylation sites (N-methyl/N-ethyl adjacent to an activating group) is 1. The topological polar surface area (TPSA) is 59.6 Å². The standard InChI is InChI=1S/C20H27ClN4O2S/c1-4-8-25-19(27)16-7-6-15(21)13-17(16)22-20(25)28-14(3)18(26)24-11-9-23(5-2)10-12-24/h6-7,13-14H,4-5,8-12H2,1-3H3/p+1/t14-/m0/s1. The Labute approximate surface area is 174 Å². The van der Waals surface area contributed by atoms with E-state index in [0.717, 1.165) is 39.1 Å². The number of hydrogen-bond acceptors (Lipinski definition) is 4. The maximum atomic E-state index is 12.9. The fourth-order valence-electron chi connectivity index (χ4n) is 3.55. The molecule has 2 heterocycles. The van der Waals surface area contributed by atoms with Crippen LogP contribution in [0.4, 0.5) is 0 Å². The van der Waals surface area contributed by atoms with E-state index < -0.39 is 0 Å². The van der Waals surface area contributed by atoms with Gasteiger partial charge >= 0.3 is 0 Å². The summed E-state index contributed by atoms with van der Waals surface area (Å²) >= 11 is 7.45. The van der Waals surface area contributed by atoms with Gasteiger partial charge < -0.3 is 9.80 Å². The molecule has 1 aromatic heterocycles. The molecule has 6 nitrogen and oxygen atoms in total. The molecule has 1 fully saturated rings. The summed E-state index contributed by atoms with van der Waals surface area (Å²) in [6.45, 7) is 11.3. The van der Waals surface area contributed by atoms with Crippen LogP contribution < -0.4 is 10.5 Å². The molecule has 1 aliphatic heterocycles. The van der Waals surface area contributed by atoms with E-state index in [2.05, 4.69) is 11.9 Å². The third-order valence-electron chi connectivity index (χ3n) is 5.24. The van der Waals surface area contributed by atoms with Crippen molar-refractivity contribution in [2.75, 3.05) is 32.7 Å². The van der Waals surface area contributed by atoms with Crippen molar-refractivity contribution in [1.82, 2.24) is 14.5 Å². The van der Waals surface area contributed by atoms with Crippen molar-refractivity contribution < 1.29 is 9.69 Å². The van der Waals surface area contributed by atoms with Gasteiger partial charge in [-0.15, -0.1) is 0 Å². The summed E-state index contributed by atoms with van der Waals surface area (Å²) in [6, 6.07) is 5.13. The zero-order chi connectivity index (χ0) is 20.3. The number of carbonyl (C=O) groups is 1. The van der Waals surface area contributed by atoms with E-state index in [4.69, 9.17) is 11.6 Å². The maximum absolute atomic E-state index is 12.9. The summed E-state index contributed by atoms with van der Waals surface area (Å²) in [4.78, 5) is 34.0. The molecule has 0 unspecified atom stereocenters. The van der Waals surface area contributed by atoms with Crippen LogP contribution in [0.1, 0.15) is 27.2 Å². The monoisotopic (exact) mass is 423 g/mol. The number of rotatable bonds is 6. The van der Waals surface area contributed by atoms with Gasteiger partial charge in [-0.1, -0.05) is 30.3 Å². The highest BCUT2D eigenvalue weighted by atomic mass is 35.5. The minimum Gasteiger partial charge on any atom is -0.332 e. The number of quaternary nitrogens is 1. The molecule has 3 rings (SSSR count). The van der Waals surface area contributed by atoms with Crippen molar-refractivity contribution in [3.05, 3.63) is 33.6 Å². The van der Waals surface area contributed by atoms with Gasteiger partial charge in [0.15, 0.2) is 5.16 Å². The first-order valence-corrected chi connectivity index (χ1v) is 11.2. The quantitative estimate of drug-likeness (QED) is 0.567. The molecule has 2 aromatic rings. The van der Waals surface area contributed by atoms with E-state index >= 15 is 0 Å². The van der Waals surface area contributed by atoms with E-state index in [-0.39, 0.29) is 16.7 Å². The van der Waals surface area contributed by atoms with Gasteiger partial charge in [0.1, 0.15) is 0 Å². The number of aromatic nitrogens is 2. The fourth-order valence-corrected chi connectivity index (χ4v) is 4.73. The van der Waals surface area contributed by atoms with Gasteiger partial charge in [-0.3, -0.25) is 14.2 Å². The van der Waals surface area contributed by atoms with Gasteiger partial charge in [-0.2, -0.15) is 0 Å². The van der Waals surface area contributed by atoms with E-state index in [1.54, 1.807) is 22.8 Å². The smallest absolute Gasteiger partial charge is 0.262 e. The van der Waals surface area contributed by atoms with Crippen LogP contribution in [-0.2, 0) is 11.3 Å². The summed E-state index contributed by atoms with van der Waals surface area (Å²) in [5.41, 5.74) is 0.498. The summed E-state index contributed by atoms with van der Waals surface area (Å²) in [6.07, 6.45) is 0.818. The van der Waals surface area contributed by atoms with Gasteiger partial charge in [-0.05, 0) is 38.5 Å². The first-order valence-electron chi connectivity index (χ1n) is 9.93. The van der Waals surface area contributed by atoms with Crippen LogP contribution in [0.5, 0.6) is 0 Å². The molecule has 1 amide bonds. The van der Waals surface area contributed by atoms with Crippen LogP contribution in [0.3, 0.4) is 0 Å². The van der Waals surface area contributed by atoms with Gasteiger partial charge in [-0.25, -0.2) is 4.98 Å². The molecule has 152 valence electrons. The zero-order valence-electron chi connectivity index (χ0n) is 16.7. The summed E-state index contributed by atoms with van der Waals surface area (Å²) in [5.74, 6) is 0.114. The molecule has 1 aliphatic rings. The predicted octanol–water partition coefficient (Wildman–Crippen LogP) is 1.69. The molecule has 0 spiro atoms. The SMILES string of the molecule is CCCn1c(S[C@@H](C)C(=O)N2CC[NH+](CC)CC2)nc2cc(Cl)ccc2c1=O. The van der Waals surface area contributed by atoms with Gasteiger partial charge in [0.25, 0.3) is 5.56 Å². The largest absolute Gasteiger partial charge is 0.332 e. The Balaban J connectivity index is 1.85. The molecule has 1 N–H and O–H groups in total. The lowest BCUT2D eigenvalue weighted by Gasteiger charge is -2.33. The predicted molar refractivity (Wildman–Crippen MR) is 114 cm³/mol. The number of halogens is 1. The van der Waals surface area contributed by atoms with Gasteiger partial charge in [0.2, 0.25) is 5.91 Å². The molecule has 0 radical (unpaired) electrons. The van der Waals surface area contributed by atoms with Gasteiger partial charge in [0, 0.05) is 11.6 Å². The van der Waals surface area contributed by atoms with E-state index in [0.29, 0.717) is 27.6 Å². The zero-order valence-corrected chi connectivity index (χ0v) is 18.3. The number of carbonyl (C=O) groups excluding carboxylic acids is 1. The Hall–Kier alpha value is -1.57. The molecular weight excluding hydrogens is 396 g/mol. The molecular formula is C20H28ClN4O2S+. The highest BCUT2D eigenvalue weighted by Crippen LogP contribution is 2.25. The Kier molecular flexibility index (Phi) is 7.01.